The molecule has 44 heavy (non-hydrogen) atoms. The van der Waals surface area contributed by atoms with Crippen molar-refractivity contribution in [1.29, 1.82) is 0 Å². The number of alkyl halides is 2. The van der Waals surface area contributed by atoms with E-state index in [1.165, 1.54) is 17.8 Å². The number of rotatable bonds is 13. The summed E-state index contributed by atoms with van der Waals surface area (Å²) in [6.07, 6.45) is -2.15. The number of carbonyl (C=O) groups is 1. The first-order chi connectivity index (χ1) is 20.9. The summed E-state index contributed by atoms with van der Waals surface area (Å²) >= 11 is 6.29. The number of imidazole rings is 1. The van der Waals surface area contributed by atoms with Crippen LogP contribution in [0.2, 0.25) is 0 Å². The number of hydrogen-bond acceptors (Lipinski definition) is 11. The Labute approximate surface area is 259 Å². The van der Waals surface area contributed by atoms with Crippen LogP contribution in [-0.2, 0) is 23.4 Å². The molecule has 1 aromatic carbocycles. The van der Waals surface area contributed by atoms with Crippen LogP contribution in [0.3, 0.4) is 0 Å². The summed E-state index contributed by atoms with van der Waals surface area (Å²) in [5.41, 5.74) is -1.08. The van der Waals surface area contributed by atoms with Crippen molar-refractivity contribution in [3.05, 3.63) is 42.5 Å². The van der Waals surface area contributed by atoms with Crippen molar-refractivity contribution in [2.24, 2.45) is 0 Å². The summed E-state index contributed by atoms with van der Waals surface area (Å²) in [6.45, 7) is 5.86. The first-order valence-corrected chi connectivity index (χ1v) is 16.4. The van der Waals surface area contributed by atoms with Crippen molar-refractivity contribution in [1.82, 2.24) is 24.6 Å². The number of aromatic nitrogens is 4. The number of esters is 1. The van der Waals surface area contributed by atoms with Gasteiger partial charge in [0, 0.05) is 13.1 Å². The first kappa shape index (κ1) is 32.5. The monoisotopic (exact) mass is 654 g/mol. The number of para-hydroxylation sites is 1. The summed E-state index contributed by atoms with van der Waals surface area (Å²) in [5.74, 6) is 0.124. The summed E-state index contributed by atoms with van der Waals surface area (Å²) in [6, 6.07) is 7.38. The second-order valence-corrected chi connectivity index (χ2v) is 13.3. The molecule has 1 aliphatic heterocycles. The number of anilines is 1. The van der Waals surface area contributed by atoms with Gasteiger partial charge in [-0.15, -0.1) is 11.6 Å². The molecule has 0 bridgehead atoms. The van der Waals surface area contributed by atoms with Gasteiger partial charge in [-0.3, -0.25) is 13.9 Å². The molecule has 1 aliphatic carbocycles. The van der Waals surface area contributed by atoms with E-state index < -0.39 is 62.5 Å². The Hall–Kier alpha value is -2.87. The van der Waals surface area contributed by atoms with Crippen LogP contribution in [0, 0.1) is 6.92 Å². The number of aliphatic hydroxyl groups is 1. The molecular formula is C28H37ClFN6O7P. The summed E-state index contributed by atoms with van der Waals surface area (Å²) in [5, 5.41) is 13.7. The highest BCUT2D eigenvalue weighted by atomic mass is 35.5. The van der Waals surface area contributed by atoms with E-state index in [-0.39, 0.29) is 5.75 Å². The molecule has 0 radical (unpaired) electrons. The smallest absolute Gasteiger partial charge is 0.459 e. The van der Waals surface area contributed by atoms with E-state index in [4.69, 9.17) is 30.1 Å². The molecule has 2 N–H and O–H groups in total. The molecule has 1 saturated heterocycles. The zero-order chi connectivity index (χ0) is 31.8. The number of hydrogen-bond donors (Lipinski definition) is 2. The van der Waals surface area contributed by atoms with Crippen molar-refractivity contribution < 1.29 is 37.4 Å². The Balaban J connectivity index is 1.41. The van der Waals surface area contributed by atoms with Gasteiger partial charge in [-0.25, -0.2) is 23.9 Å². The van der Waals surface area contributed by atoms with Gasteiger partial charge in [0.25, 0.3) is 0 Å². The van der Waals surface area contributed by atoms with Crippen molar-refractivity contribution >= 4 is 42.3 Å². The zero-order valence-electron chi connectivity index (χ0n) is 25.1. The van der Waals surface area contributed by atoms with Crippen molar-refractivity contribution in [2.45, 2.75) is 82.8 Å². The van der Waals surface area contributed by atoms with E-state index in [9.17, 15) is 14.5 Å². The molecule has 3 aromatic rings. The number of ether oxygens (including phenoxy) is 2. The summed E-state index contributed by atoms with van der Waals surface area (Å²) < 4.78 is 54.0. The van der Waals surface area contributed by atoms with Crippen molar-refractivity contribution in [3.8, 4) is 5.75 Å². The first-order valence-electron chi connectivity index (χ1n) is 14.3. The third kappa shape index (κ3) is 6.70. The van der Waals surface area contributed by atoms with Gasteiger partial charge in [0.15, 0.2) is 29.4 Å². The predicted octanol–water partition coefficient (Wildman–Crippen LogP) is 4.07. The minimum absolute atomic E-state index is 0.175. The molecule has 5 rings (SSSR count). The lowest BCUT2D eigenvalue weighted by atomic mass is 9.99. The zero-order valence-corrected chi connectivity index (χ0v) is 26.7. The van der Waals surface area contributed by atoms with Crippen LogP contribution >= 0.6 is 19.3 Å². The summed E-state index contributed by atoms with van der Waals surface area (Å²) in [7, 11) is -2.44. The van der Waals surface area contributed by atoms with E-state index in [0.29, 0.717) is 28.8 Å². The second-order valence-electron chi connectivity index (χ2n) is 11.4. The molecule has 2 aliphatic rings. The van der Waals surface area contributed by atoms with E-state index >= 15 is 4.39 Å². The standard InChI is InChI=1S/C28H37ClFN6O7P/c1-16(2)41-27(38)17(3)34-44(39,43-20-9-7-6-8-10-20)40-14-28(13-29)23(37)21(30)26(42-28)36-15-31-22-24(35(5)19-11-12-19)32-18(4)33-25(22)36/h6-10,15-17,19,21,23,26,37H,11-14H2,1-5H3,(H,34,39)/t17-,21-,23-,26+,28+,44-/m0/s1. The minimum atomic E-state index is -4.36. The quantitative estimate of drug-likeness (QED) is 0.155. The Morgan fingerprint density at radius 1 is 1.30 bits per heavy atom. The SMILES string of the molecule is Cc1nc(N(C)C2CC2)c2ncn([C@@H]3O[C@](CCl)(CO[P@@](=O)(N[C@@H](C)C(=O)OC(C)C)Oc4ccccc4)[C@@H](O)[C@@H]3F)c2n1. The number of nitrogens with zero attached hydrogens (tertiary/aromatic N) is 5. The average Bonchev–Trinajstić information content (AvgIpc) is 3.71. The van der Waals surface area contributed by atoms with Gasteiger partial charge in [-0.2, -0.15) is 5.09 Å². The normalized spacial score (nSPS) is 25.6. The molecule has 0 unspecified atom stereocenters. The maximum atomic E-state index is 15.9. The van der Waals surface area contributed by atoms with Gasteiger partial charge in [-0.05, 0) is 52.7 Å². The third-order valence-electron chi connectivity index (χ3n) is 7.42. The molecule has 2 aromatic heterocycles. The maximum Gasteiger partial charge on any atom is 0.459 e. The van der Waals surface area contributed by atoms with Gasteiger partial charge in [0.05, 0.1) is 24.9 Å². The van der Waals surface area contributed by atoms with E-state index in [1.54, 1.807) is 51.1 Å². The fraction of sp³-hybridized carbons (Fsp3) is 0.571. The van der Waals surface area contributed by atoms with Gasteiger partial charge < -0.3 is 24.0 Å². The second kappa shape index (κ2) is 12.9. The molecule has 240 valence electrons. The highest BCUT2D eigenvalue weighted by Crippen LogP contribution is 2.49. The molecule has 0 amide bonds. The summed E-state index contributed by atoms with van der Waals surface area (Å²) in [4.78, 5) is 28.0. The van der Waals surface area contributed by atoms with Gasteiger partial charge in [-0.1, -0.05) is 18.2 Å². The molecule has 2 fully saturated rings. The van der Waals surface area contributed by atoms with Gasteiger partial charge in [0.1, 0.15) is 29.3 Å². The molecule has 16 heteroatoms. The predicted molar refractivity (Wildman–Crippen MR) is 160 cm³/mol. The number of halogens is 2. The molecule has 1 saturated carbocycles. The molecule has 3 heterocycles. The number of nitrogens with one attached hydrogen (secondary N) is 1. The number of aliphatic hydroxyl groups excluding tert-OH is 1. The van der Waals surface area contributed by atoms with E-state index in [0.717, 1.165) is 12.8 Å². The van der Waals surface area contributed by atoms with Crippen LogP contribution in [0.1, 0.15) is 45.7 Å². The van der Waals surface area contributed by atoms with Crippen LogP contribution < -0.4 is 14.5 Å². The highest BCUT2D eigenvalue weighted by molar-refractivity contribution is 7.52. The van der Waals surface area contributed by atoms with E-state index in [2.05, 4.69) is 20.0 Å². The number of fused-ring (bicyclic) bond motifs is 1. The van der Waals surface area contributed by atoms with Gasteiger partial charge >= 0.3 is 13.7 Å². The largest absolute Gasteiger partial charge is 0.462 e. The topological polar surface area (TPSA) is 150 Å². The third-order valence-corrected chi connectivity index (χ3v) is 9.49. The number of carbonyl (C=O) groups excluding carboxylic acids is 1. The Kier molecular flexibility index (Phi) is 9.50. The van der Waals surface area contributed by atoms with Crippen molar-refractivity contribution in [2.75, 3.05) is 24.4 Å². The molecule has 6 atom stereocenters. The fourth-order valence-electron chi connectivity index (χ4n) is 4.90. The molecule has 13 nitrogen and oxygen atoms in total. The Morgan fingerprint density at radius 2 is 2.00 bits per heavy atom. The van der Waals surface area contributed by atoms with Crippen LogP contribution in [0.15, 0.2) is 36.7 Å². The molecule has 0 spiro atoms. The van der Waals surface area contributed by atoms with Crippen LogP contribution in [0.5, 0.6) is 5.75 Å². The lowest BCUT2D eigenvalue weighted by molar-refractivity contribution is -0.149. The maximum absolute atomic E-state index is 15.9. The lowest BCUT2D eigenvalue weighted by Crippen LogP contribution is -2.48. The number of benzene rings is 1. The Bertz CT molecular complexity index is 1530. The van der Waals surface area contributed by atoms with Gasteiger partial charge in [0.2, 0.25) is 0 Å². The van der Waals surface area contributed by atoms with Crippen LogP contribution in [0.4, 0.5) is 10.2 Å². The van der Waals surface area contributed by atoms with Crippen molar-refractivity contribution in [3.63, 3.8) is 0 Å². The average molecular weight is 655 g/mol. The number of aryl methyl sites for hydroxylation is 1. The highest BCUT2D eigenvalue weighted by Gasteiger charge is 2.57. The Morgan fingerprint density at radius 3 is 2.64 bits per heavy atom. The van der Waals surface area contributed by atoms with Crippen LogP contribution in [-0.4, -0.2) is 86.2 Å². The van der Waals surface area contributed by atoms with E-state index in [1.807, 2.05) is 11.9 Å². The lowest BCUT2D eigenvalue weighted by Gasteiger charge is -2.31. The fourth-order valence-corrected chi connectivity index (χ4v) is 6.75. The molecular weight excluding hydrogens is 618 g/mol. The van der Waals surface area contributed by atoms with Crippen LogP contribution in [0.25, 0.3) is 11.2 Å². The minimum Gasteiger partial charge on any atom is -0.462 e.